The lowest BCUT2D eigenvalue weighted by atomic mass is 9.82. The van der Waals surface area contributed by atoms with Crippen molar-refractivity contribution in [2.24, 2.45) is 0 Å². The first kappa shape index (κ1) is 17.3. The zero-order valence-corrected chi connectivity index (χ0v) is 16.1. The van der Waals surface area contributed by atoms with Crippen molar-refractivity contribution in [3.8, 4) is 11.5 Å². The van der Waals surface area contributed by atoms with E-state index in [2.05, 4.69) is 43.3 Å². The number of rotatable bonds is 4. The fraction of sp³-hybridized carbons (Fsp3) is 0.381. The third-order valence-electron chi connectivity index (χ3n) is 5.41. The number of benzene rings is 2. The molecule has 2 atom stereocenters. The summed E-state index contributed by atoms with van der Waals surface area (Å²) in [4.78, 5) is 14.8. The van der Waals surface area contributed by atoms with Crippen LogP contribution >= 0.6 is 11.8 Å². The molecule has 1 fully saturated rings. The molecule has 26 heavy (non-hydrogen) atoms. The first-order valence-electron chi connectivity index (χ1n) is 8.84. The van der Waals surface area contributed by atoms with Crippen LogP contribution in [0, 0.1) is 0 Å². The van der Waals surface area contributed by atoms with Crippen LogP contribution in [0.25, 0.3) is 0 Å². The fourth-order valence-corrected chi connectivity index (χ4v) is 5.57. The zero-order valence-electron chi connectivity index (χ0n) is 15.3. The summed E-state index contributed by atoms with van der Waals surface area (Å²) in [5.74, 6) is 1.47. The first-order chi connectivity index (χ1) is 12.6. The van der Waals surface area contributed by atoms with Gasteiger partial charge in [0.2, 0.25) is 0 Å². The van der Waals surface area contributed by atoms with Crippen LogP contribution in [0.4, 0.5) is 4.79 Å². The maximum Gasteiger partial charge on any atom is 0.282 e. The topological polar surface area (TPSA) is 38.8 Å². The van der Waals surface area contributed by atoms with E-state index in [9.17, 15) is 4.79 Å². The largest absolute Gasteiger partial charge is 0.493 e. The third kappa shape index (κ3) is 2.75. The molecule has 136 valence electrons. The highest BCUT2D eigenvalue weighted by molar-refractivity contribution is 8.15. The molecule has 5 heteroatoms. The van der Waals surface area contributed by atoms with E-state index in [1.165, 1.54) is 28.5 Å². The Balaban J connectivity index is 1.79. The normalized spacial score (nSPS) is 24.2. The molecule has 2 heterocycles. The average Bonchev–Trinajstić information content (AvgIpc) is 2.91. The Kier molecular flexibility index (Phi) is 4.35. The van der Waals surface area contributed by atoms with Crippen LogP contribution in [0.3, 0.4) is 0 Å². The number of hydrogen-bond donors (Lipinski definition) is 0. The van der Waals surface area contributed by atoms with Crippen molar-refractivity contribution in [3.05, 3.63) is 59.2 Å². The summed E-state index contributed by atoms with van der Waals surface area (Å²) in [6.45, 7) is 2.96. The van der Waals surface area contributed by atoms with E-state index in [1.807, 2.05) is 11.0 Å². The summed E-state index contributed by atoms with van der Waals surface area (Å²) < 4.78 is 10.8. The fourth-order valence-electron chi connectivity index (χ4n) is 4.25. The number of nitrogens with zero attached hydrogens (tertiary/aromatic N) is 1. The number of fused-ring (bicyclic) bond motifs is 3. The monoisotopic (exact) mass is 369 g/mol. The van der Waals surface area contributed by atoms with Gasteiger partial charge < -0.3 is 14.4 Å². The van der Waals surface area contributed by atoms with E-state index >= 15 is 0 Å². The van der Waals surface area contributed by atoms with Crippen LogP contribution in [-0.4, -0.2) is 35.7 Å². The van der Waals surface area contributed by atoms with Crippen LogP contribution in [0.15, 0.2) is 42.5 Å². The molecule has 0 spiro atoms. The SMILES string of the molecule is COc1cc2c(cc1OC)[C@@H]1N(CC2)C(=O)S[C@@]1(C)Cc1ccccc1. The van der Waals surface area contributed by atoms with Crippen LogP contribution in [0.2, 0.25) is 0 Å². The molecular weight excluding hydrogens is 346 g/mol. The van der Waals surface area contributed by atoms with E-state index < -0.39 is 0 Å². The minimum atomic E-state index is -0.215. The molecule has 0 aromatic heterocycles. The van der Waals surface area contributed by atoms with Crippen molar-refractivity contribution in [1.82, 2.24) is 4.90 Å². The summed E-state index contributed by atoms with van der Waals surface area (Å²) in [6, 6.07) is 14.6. The van der Waals surface area contributed by atoms with Crippen molar-refractivity contribution in [1.29, 1.82) is 0 Å². The van der Waals surface area contributed by atoms with E-state index in [4.69, 9.17) is 9.47 Å². The summed E-state index contributed by atoms with van der Waals surface area (Å²) in [6.07, 6.45) is 1.69. The summed E-state index contributed by atoms with van der Waals surface area (Å²) in [7, 11) is 3.32. The van der Waals surface area contributed by atoms with Crippen LogP contribution < -0.4 is 9.47 Å². The molecule has 0 bridgehead atoms. The molecule has 0 unspecified atom stereocenters. The molecule has 2 aliphatic heterocycles. The van der Waals surface area contributed by atoms with Crippen molar-refractivity contribution < 1.29 is 14.3 Å². The molecule has 0 saturated carbocycles. The molecule has 0 aliphatic carbocycles. The number of carbonyl (C=O) groups is 1. The lowest BCUT2D eigenvalue weighted by Gasteiger charge is -2.39. The van der Waals surface area contributed by atoms with Gasteiger partial charge in [-0.05, 0) is 48.6 Å². The van der Waals surface area contributed by atoms with Gasteiger partial charge in [-0.15, -0.1) is 0 Å². The average molecular weight is 369 g/mol. The van der Waals surface area contributed by atoms with Gasteiger partial charge in [-0.3, -0.25) is 4.79 Å². The Morgan fingerprint density at radius 3 is 2.54 bits per heavy atom. The molecule has 2 aliphatic rings. The quantitative estimate of drug-likeness (QED) is 0.797. The molecule has 4 nitrogen and oxygen atoms in total. The highest BCUT2D eigenvalue weighted by atomic mass is 32.2. The molecule has 1 saturated heterocycles. The van der Waals surface area contributed by atoms with Crippen LogP contribution in [-0.2, 0) is 12.8 Å². The van der Waals surface area contributed by atoms with Gasteiger partial charge in [-0.1, -0.05) is 42.1 Å². The summed E-state index contributed by atoms with van der Waals surface area (Å²) >= 11 is 1.47. The first-order valence-corrected chi connectivity index (χ1v) is 9.66. The summed E-state index contributed by atoms with van der Waals surface area (Å²) in [5.41, 5.74) is 3.69. The van der Waals surface area contributed by atoms with Crippen molar-refractivity contribution in [2.45, 2.75) is 30.6 Å². The Bertz CT molecular complexity index is 839. The highest BCUT2D eigenvalue weighted by Crippen LogP contribution is 2.55. The van der Waals surface area contributed by atoms with Gasteiger partial charge in [0.1, 0.15) is 0 Å². The molecule has 0 radical (unpaired) electrons. The highest BCUT2D eigenvalue weighted by Gasteiger charge is 2.52. The van der Waals surface area contributed by atoms with E-state index in [1.54, 1.807) is 14.2 Å². The summed E-state index contributed by atoms with van der Waals surface area (Å²) in [5, 5.41) is 0.175. The Morgan fingerprint density at radius 2 is 1.85 bits per heavy atom. The second kappa shape index (κ2) is 6.54. The maximum atomic E-state index is 12.7. The van der Waals surface area contributed by atoms with Crippen LogP contribution in [0.5, 0.6) is 11.5 Å². The predicted molar refractivity (Wildman–Crippen MR) is 104 cm³/mol. The van der Waals surface area contributed by atoms with E-state index in [0.717, 1.165) is 30.9 Å². The smallest absolute Gasteiger partial charge is 0.282 e. The Morgan fingerprint density at radius 1 is 1.15 bits per heavy atom. The third-order valence-corrected chi connectivity index (χ3v) is 6.65. The van der Waals surface area contributed by atoms with Crippen molar-refractivity contribution in [2.75, 3.05) is 20.8 Å². The van der Waals surface area contributed by atoms with Gasteiger partial charge >= 0.3 is 0 Å². The van der Waals surface area contributed by atoms with Gasteiger partial charge in [-0.25, -0.2) is 0 Å². The standard InChI is InChI=1S/C21H23NO3S/c1-21(13-14-7-5-4-6-8-14)19-16-12-18(25-3)17(24-2)11-15(16)9-10-22(19)20(23)26-21/h4-8,11-12,19H,9-10,13H2,1-3H3/t19-,21-/m0/s1. The number of ether oxygens (including phenoxy) is 2. The zero-order chi connectivity index (χ0) is 18.3. The number of hydrogen-bond acceptors (Lipinski definition) is 4. The second-order valence-corrected chi connectivity index (χ2v) is 8.58. The van der Waals surface area contributed by atoms with Crippen molar-refractivity contribution in [3.63, 3.8) is 0 Å². The van der Waals surface area contributed by atoms with E-state index in [0.29, 0.717) is 0 Å². The van der Waals surface area contributed by atoms with Gasteiger partial charge in [0, 0.05) is 6.54 Å². The molecule has 1 amide bonds. The van der Waals surface area contributed by atoms with Crippen molar-refractivity contribution >= 4 is 17.0 Å². The molecule has 2 aromatic carbocycles. The minimum Gasteiger partial charge on any atom is -0.493 e. The lowest BCUT2D eigenvalue weighted by molar-refractivity contribution is 0.187. The lowest BCUT2D eigenvalue weighted by Crippen LogP contribution is -2.41. The number of thioether (sulfide) groups is 1. The number of carbonyl (C=O) groups excluding carboxylic acids is 1. The van der Waals surface area contributed by atoms with Crippen LogP contribution in [0.1, 0.15) is 29.7 Å². The Hall–Kier alpha value is -2.14. The second-order valence-electron chi connectivity index (χ2n) is 7.09. The predicted octanol–water partition coefficient (Wildman–Crippen LogP) is 4.47. The molecular formula is C21H23NO3S. The molecule has 2 aromatic rings. The number of methoxy groups -OCH3 is 2. The van der Waals surface area contributed by atoms with Gasteiger partial charge in [-0.2, -0.15) is 0 Å². The van der Waals surface area contributed by atoms with Gasteiger partial charge in [0.05, 0.1) is 25.0 Å². The Labute approximate surface area is 158 Å². The van der Waals surface area contributed by atoms with E-state index in [-0.39, 0.29) is 16.0 Å². The van der Waals surface area contributed by atoms with Gasteiger partial charge in [0.25, 0.3) is 5.24 Å². The number of amides is 1. The molecule has 4 rings (SSSR count). The van der Waals surface area contributed by atoms with Gasteiger partial charge in [0.15, 0.2) is 11.5 Å². The maximum absolute atomic E-state index is 12.7. The minimum absolute atomic E-state index is 0.0452. The molecule has 0 N–H and O–H groups in total.